The van der Waals surface area contributed by atoms with Crippen molar-refractivity contribution in [2.24, 2.45) is 0 Å². The van der Waals surface area contributed by atoms with E-state index in [0.717, 1.165) is 29.6 Å². The van der Waals surface area contributed by atoms with Gasteiger partial charge in [0.25, 0.3) is 0 Å². The third-order valence-corrected chi connectivity index (χ3v) is 3.83. The summed E-state index contributed by atoms with van der Waals surface area (Å²) in [5.74, 6) is 0.788. The third kappa shape index (κ3) is 2.85. The quantitative estimate of drug-likeness (QED) is 0.723. The van der Waals surface area contributed by atoms with E-state index in [9.17, 15) is 0 Å². The fraction of sp³-hybridized carbons (Fsp3) is 0.214. The second kappa shape index (κ2) is 5.83. The average Bonchev–Trinajstić information content (AvgIpc) is 3.17. The van der Waals surface area contributed by atoms with Crippen molar-refractivity contribution < 1.29 is 0 Å². The largest absolute Gasteiger partial charge is 0.348 e. The molecule has 0 fully saturated rings. The number of hydrogen-bond donors (Lipinski definition) is 0. The molecule has 0 bridgehead atoms. The predicted octanol–water partition coefficient (Wildman–Crippen LogP) is 2.54. The van der Waals surface area contributed by atoms with Crippen molar-refractivity contribution in [2.45, 2.75) is 6.54 Å². The molecule has 0 aliphatic heterocycles. The maximum absolute atomic E-state index is 4.58. The van der Waals surface area contributed by atoms with Gasteiger partial charge in [0.2, 0.25) is 5.13 Å². The van der Waals surface area contributed by atoms with Crippen molar-refractivity contribution in [2.75, 3.05) is 18.5 Å². The second-order valence-electron chi connectivity index (χ2n) is 4.46. The van der Waals surface area contributed by atoms with Crippen molar-refractivity contribution >= 4 is 16.7 Å². The van der Waals surface area contributed by atoms with Crippen molar-refractivity contribution in [1.82, 2.24) is 19.1 Å². The summed E-state index contributed by atoms with van der Waals surface area (Å²) in [6, 6.07) is 12.0. The highest BCUT2D eigenvalue weighted by atomic mass is 32.1. The molecule has 0 N–H and O–H groups in total. The van der Waals surface area contributed by atoms with E-state index in [-0.39, 0.29) is 0 Å². The van der Waals surface area contributed by atoms with Crippen molar-refractivity contribution in [3.8, 4) is 11.4 Å². The summed E-state index contributed by atoms with van der Waals surface area (Å²) in [7, 11) is 2.03. The van der Waals surface area contributed by atoms with Crippen LogP contribution in [0.3, 0.4) is 0 Å². The smallest absolute Gasteiger partial charge is 0.205 e. The van der Waals surface area contributed by atoms with Crippen LogP contribution in [0.25, 0.3) is 11.4 Å². The first-order valence-corrected chi connectivity index (χ1v) is 7.18. The first-order chi connectivity index (χ1) is 9.83. The SMILES string of the molecule is CN(CCn1cccn1)c1nc(-c2ccccc2)ns1. The molecular weight excluding hydrogens is 270 g/mol. The van der Waals surface area contributed by atoms with Gasteiger partial charge in [0, 0.05) is 43.1 Å². The van der Waals surface area contributed by atoms with Crippen LogP contribution in [-0.2, 0) is 6.54 Å². The number of nitrogens with zero attached hydrogens (tertiary/aromatic N) is 5. The number of anilines is 1. The number of aromatic nitrogens is 4. The van der Waals surface area contributed by atoms with Crippen molar-refractivity contribution in [1.29, 1.82) is 0 Å². The fourth-order valence-corrected chi connectivity index (χ4v) is 2.53. The lowest BCUT2D eigenvalue weighted by atomic mass is 10.2. The molecular formula is C14H15N5S. The summed E-state index contributed by atoms with van der Waals surface area (Å²) in [5, 5.41) is 5.12. The van der Waals surface area contributed by atoms with Crippen LogP contribution in [-0.4, -0.2) is 32.7 Å². The van der Waals surface area contributed by atoms with E-state index in [0.29, 0.717) is 0 Å². The van der Waals surface area contributed by atoms with Gasteiger partial charge in [-0.25, -0.2) is 0 Å². The molecule has 2 aromatic heterocycles. The number of hydrogen-bond acceptors (Lipinski definition) is 5. The summed E-state index contributed by atoms with van der Waals surface area (Å²) in [4.78, 5) is 6.69. The normalized spacial score (nSPS) is 10.7. The van der Waals surface area contributed by atoms with E-state index < -0.39 is 0 Å². The summed E-state index contributed by atoms with van der Waals surface area (Å²) in [6.45, 7) is 1.69. The highest BCUT2D eigenvalue weighted by Gasteiger charge is 2.09. The molecule has 102 valence electrons. The molecule has 0 radical (unpaired) electrons. The summed E-state index contributed by atoms with van der Waals surface area (Å²) >= 11 is 1.42. The van der Waals surface area contributed by atoms with Gasteiger partial charge in [0.15, 0.2) is 5.82 Å². The Bertz CT molecular complexity index is 647. The fourth-order valence-electron chi connectivity index (χ4n) is 1.86. The van der Waals surface area contributed by atoms with E-state index in [2.05, 4.69) is 19.4 Å². The van der Waals surface area contributed by atoms with Gasteiger partial charge in [-0.15, -0.1) is 0 Å². The predicted molar refractivity (Wildman–Crippen MR) is 80.8 cm³/mol. The highest BCUT2D eigenvalue weighted by Crippen LogP contribution is 2.22. The van der Waals surface area contributed by atoms with E-state index in [4.69, 9.17) is 0 Å². The van der Waals surface area contributed by atoms with Crippen LogP contribution in [0.4, 0.5) is 5.13 Å². The zero-order valence-corrected chi connectivity index (χ0v) is 12.0. The molecule has 0 unspecified atom stereocenters. The van der Waals surface area contributed by atoms with Gasteiger partial charge in [-0.2, -0.15) is 14.5 Å². The Morgan fingerprint density at radius 3 is 2.80 bits per heavy atom. The molecule has 2 heterocycles. The Hall–Kier alpha value is -2.21. The maximum atomic E-state index is 4.58. The van der Waals surface area contributed by atoms with Crippen LogP contribution < -0.4 is 4.90 Å². The maximum Gasteiger partial charge on any atom is 0.205 e. The lowest BCUT2D eigenvalue weighted by molar-refractivity contribution is 0.611. The Balaban J connectivity index is 1.67. The third-order valence-electron chi connectivity index (χ3n) is 3.00. The summed E-state index contributed by atoms with van der Waals surface area (Å²) < 4.78 is 6.33. The Morgan fingerprint density at radius 1 is 1.20 bits per heavy atom. The summed E-state index contributed by atoms with van der Waals surface area (Å²) in [5.41, 5.74) is 1.05. The zero-order valence-electron chi connectivity index (χ0n) is 11.2. The van der Waals surface area contributed by atoms with Crippen LogP contribution in [0.15, 0.2) is 48.8 Å². The Labute approximate surface area is 121 Å². The van der Waals surface area contributed by atoms with Crippen molar-refractivity contribution in [3.63, 3.8) is 0 Å². The first kappa shape index (κ1) is 12.8. The van der Waals surface area contributed by atoms with Crippen LogP contribution in [0, 0.1) is 0 Å². The lowest BCUT2D eigenvalue weighted by Gasteiger charge is -2.14. The van der Waals surface area contributed by atoms with Gasteiger partial charge in [0.1, 0.15) is 0 Å². The van der Waals surface area contributed by atoms with E-state index >= 15 is 0 Å². The van der Waals surface area contributed by atoms with Gasteiger partial charge >= 0.3 is 0 Å². The molecule has 5 nitrogen and oxygen atoms in total. The molecule has 0 aliphatic carbocycles. The molecule has 0 spiro atoms. The van der Waals surface area contributed by atoms with Crippen LogP contribution in [0.5, 0.6) is 0 Å². The van der Waals surface area contributed by atoms with E-state index in [1.807, 2.05) is 54.3 Å². The second-order valence-corrected chi connectivity index (χ2v) is 5.19. The van der Waals surface area contributed by atoms with Gasteiger partial charge in [-0.1, -0.05) is 30.3 Å². The molecule has 3 rings (SSSR count). The Morgan fingerprint density at radius 2 is 2.05 bits per heavy atom. The zero-order chi connectivity index (χ0) is 13.8. The monoisotopic (exact) mass is 285 g/mol. The average molecular weight is 285 g/mol. The summed E-state index contributed by atoms with van der Waals surface area (Å²) in [6.07, 6.45) is 3.75. The van der Waals surface area contributed by atoms with Gasteiger partial charge < -0.3 is 4.90 Å². The molecule has 0 aliphatic rings. The molecule has 6 heteroatoms. The van der Waals surface area contributed by atoms with Gasteiger partial charge in [0.05, 0.1) is 6.54 Å². The number of likely N-dealkylation sites (N-methyl/N-ethyl adjacent to an activating group) is 1. The van der Waals surface area contributed by atoms with Gasteiger partial charge in [-0.3, -0.25) is 4.68 Å². The molecule has 0 atom stereocenters. The molecule has 0 saturated carbocycles. The standard InChI is InChI=1S/C14H15N5S/c1-18(10-11-19-9-5-8-15-19)14-16-13(17-20-14)12-6-3-2-4-7-12/h2-9H,10-11H2,1H3. The number of rotatable bonds is 5. The number of benzene rings is 1. The molecule has 3 aromatic rings. The molecule has 0 amide bonds. The molecule has 0 saturated heterocycles. The minimum Gasteiger partial charge on any atom is -0.348 e. The molecule has 20 heavy (non-hydrogen) atoms. The van der Waals surface area contributed by atoms with Crippen LogP contribution in [0.2, 0.25) is 0 Å². The van der Waals surface area contributed by atoms with Crippen LogP contribution >= 0.6 is 11.5 Å². The topological polar surface area (TPSA) is 46.8 Å². The van der Waals surface area contributed by atoms with E-state index in [1.54, 1.807) is 6.20 Å². The van der Waals surface area contributed by atoms with Gasteiger partial charge in [-0.05, 0) is 6.07 Å². The van der Waals surface area contributed by atoms with Crippen molar-refractivity contribution in [3.05, 3.63) is 48.8 Å². The Kier molecular flexibility index (Phi) is 3.73. The minimum absolute atomic E-state index is 0.788. The lowest BCUT2D eigenvalue weighted by Crippen LogP contribution is -2.22. The molecule has 1 aromatic carbocycles. The minimum atomic E-state index is 0.788. The van der Waals surface area contributed by atoms with E-state index in [1.165, 1.54) is 11.5 Å². The van der Waals surface area contributed by atoms with Crippen LogP contribution in [0.1, 0.15) is 0 Å². The first-order valence-electron chi connectivity index (χ1n) is 6.40. The highest BCUT2D eigenvalue weighted by molar-refractivity contribution is 7.09.